The minimum Gasteiger partial charge on any atom is -0.476 e. The maximum Gasteiger partial charge on any atom is 0.313 e. The number of carbonyl (C=O) groups is 1. The molecule has 0 saturated heterocycles. The Bertz CT molecular complexity index is 447. The van der Waals surface area contributed by atoms with Crippen molar-refractivity contribution in [2.75, 3.05) is 0 Å². The van der Waals surface area contributed by atoms with E-state index in [-0.39, 0.29) is 18.0 Å². The van der Waals surface area contributed by atoms with Crippen LogP contribution >= 0.6 is 0 Å². The summed E-state index contributed by atoms with van der Waals surface area (Å²) in [6.07, 6.45) is -0.514. The molecule has 6 heteroatoms. The Labute approximate surface area is 97.3 Å². The van der Waals surface area contributed by atoms with Crippen LogP contribution in [-0.4, -0.2) is 16.8 Å². The van der Waals surface area contributed by atoms with Crippen LogP contribution in [0.25, 0.3) is 0 Å². The standard InChI is InChI=1S/C11H12FNO4/c1-3-10(14)7(2)17-11-5-4-8(12)6-9(11)13(15)16/h4-7H,3H2,1-2H3. The molecule has 0 saturated carbocycles. The Hall–Kier alpha value is -1.98. The molecule has 17 heavy (non-hydrogen) atoms. The number of carbonyl (C=O) groups excluding carboxylic acids is 1. The summed E-state index contributed by atoms with van der Waals surface area (Å²) in [5, 5.41) is 10.7. The van der Waals surface area contributed by atoms with E-state index in [4.69, 9.17) is 4.74 Å². The normalized spacial score (nSPS) is 11.9. The van der Waals surface area contributed by atoms with Gasteiger partial charge in [-0.3, -0.25) is 14.9 Å². The van der Waals surface area contributed by atoms with Gasteiger partial charge < -0.3 is 4.74 Å². The van der Waals surface area contributed by atoms with Gasteiger partial charge in [-0.25, -0.2) is 4.39 Å². The Balaban J connectivity index is 2.98. The Morgan fingerprint density at radius 2 is 2.24 bits per heavy atom. The molecule has 1 atom stereocenters. The lowest BCUT2D eigenvalue weighted by Crippen LogP contribution is -2.23. The average Bonchev–Trinajstić information content (AvgIpc) is 2.29. The SMILES string of the molecule is CCC(=O)C(C)Oc1ccc(F)cc1[N+](=O)[O-]. The molecule has 5 nitrogen and oxygen atoms in total. The van der Waals surface area contributed by atoms with Crippen LogP contribution in [0, 0.1) is 15.9 Å². The second-order valence-electron chi connectivity index (χ2n) is 3.45. The van der Waals surface area contributed by atoms with Crippen molar-refractivity contribution in [3.05, 3.63) is 34.1 Å². The molecule has 0 radical (unpaired) electrons. The first-order chi connectivity index (χ1) is 7.95. The van der Waals surface area contributed by atoms with Crippen molar-refractivity contribution >= 4 is 11.5 Å². The molecule has 0 fully saturated rings. The third kappa shape index (κ3) is 3.24. The molecule has 1 rings (SSSR count). The van der Waals surface area contributed by atoms with Gasteiger partial charge in [-0.15, -0.1) is 0 Å². The first-order valence-corrected chi connectivity index (χ1v) is 5.09. The van der Waals surface area contributed by atoms with Crippen molar-refractivity contribution in [1.82, 2.24) is 0 Å². The Morgan fingerprint density at radius 1 is 1.59 bits per heavy atom. The molecule has 1 aromatic rings. The topological polar surface area (TPSA) is 69.4 Å². The zero-order valence-corrected chi connectivity index (χ0v) is 9.47. The van der Waals surface area contributed by atoms with E-state index in [2.05, 4.69) is 0 Å². The second-order valence-corrected chi connectivity index (χ2v) is 3.45. The molecule has 1 unspecified atom stereocenters. The van der Waals surface area contributed by atoms with Gasteiger partial charge in [-0.05, 0) is 19.1 Å². The van der Waals surface area contributed by atoms with E-state index in [1.807, 2.05) is 0 Å². The van der Waals surface area contributed by atoms with Crippen molar-refractivity contribution in [2.24, 2.45) is 0 Å². The van der Waals surface area contributed by atoms with Crippen LogP contribution in [0.4, 0.5) is 10.1 Å². The van der Waals surface area contributed by atoms with Crippen molar-refractivity contribution < 1.29 is 18.8 Å². The minimum atomic E-state index is -0.788. The van der Waals surface area contributed by atoms with Crippen LogP contribution in [-0.2, 0) is 4.79 Å². The number of benzene rings is 1. The van der Waals surface area contributed by atoms with Crippen LogP contribution in [0.15, 0.2) is 18.2 Å². The van der Waals surface area contributed by atoms with Gasteiger partial charge in [-0.1, -0.05) is 6.92 Å². The summed E-state index contributed by atoms with van der Waals surface area (Å²) < 4.78 is 18.0. The second kappa shape index (κ2) is 5.38. The molecule has 0 spiro atoms. The maximum absolute atomic E-state index is 12.8. The molecule has 1 aromatic carbocycles. The molecule has 0 aliphatic carbocycles. The lowest BCUT2D eigenvalue weighted by molar-refractivity contribution is -0.386. The van der Waals surface area contributed by atoms with Gasteiger partial charge in [0.05, 0.1) is 11.0 Å². The van der Waals surface area contributed by atoms with E-state index in [1.165, 1.54) is 6.92 Å². The minimum absolute atomic E-state index is 0.106. The van der Waals surface area contributed by atoms with Gasteiger partial charge in [0.2, 0.25) is 0 Å². The number of nitrogens with zero attached hydrogens (tertiary/aromatic N) is 1. The van der Waals surface area contributed by atoms with Gasteiger partial charge >= 0.3 is 5.69 Å². The van der Waals surface area contributed by atoms with E-state index >= 15 is 0 Å². The molecule has 0 bridgehead atoms. The summed E-state index contributed by atoms with van der Waals surface area (Å²) >= 11 is 0. The molecule has 0 aliphatic rings. The maximum atomic E-state index is 12.8. The predicted molar refractivity (Wildman–Crippen MR) is 58.4 cm³/mol. The summed E-state index contributed by atoms with van der Waals surface area (Å²) in [5.41, 5.74) is -0.485. The van der Waals surface area contributed by atoms with E-state index in [0.717, 1.165) is 18.2 Å². The molecule has 92 valence electrons. The lowest BCUT2D eigenvalue weighted by Gasteiger charge is -2.12. The van der Waals surface area contributed by atoms with Gasteiger partial charge in [0, 0.05) is 6.42 Å². The zero-order valence-electron chi connectivity index (χ0n) is 9.47. The summed E-state index contributed by atoms with van der Waals surface area (Å²) in [6, 6.07) is 2.96. The fraction of sp³-hybridized carbons (Fsp3) is 0.364. The highest BCUT2D eigenvalue weighted by molar-refractivity contribution is 5.82. The van der Waals surface area contributed by atoms with Crippen LogP contribution in [0.5, 0.6) is 5.75 Å². The van der Waals surface area contributed by atoms with Crippen molar-refractivity contribution in [3.63, 3.8) is 0 Å². The fourth-order valence-corrected chi connectivity index (χ4v) is 1.28. The Morgan fingerprint density at radius 3 is 2.76 bits per heavy atom. The largest absolute Gasteiger partial charge is 0.476 e. The summed E-state index contributed by atoms with van der Waals surface area (Å²) in [5.74, 6) is -1.01. The number of nitro groups is 1. The number of ketones is 1. The van der Waals surface area contributed by atoms with Gasteiger partial charge in [0.1, 0.15) is 5.82 Å². The number of ether oxygens (including phenoxy) is 1. The third-order valence-corrected chi connectivity index (χ3v) is 2.22. The Kier molecular flexibility index (Phi) is 4.14. The van der Waals surface area contributed by atoms with E-state index < -0.39 is 22.5 Å². The fourth-order valence-electron chi connectivity index (χ4n) is 1.28. The van der Waals surface area contributed by atoms with Gasteiger partial charge in [-0.2, -0.15) is 0 Å². The number of hydrogen-bond acceptors (Lipinski definition) is 4. The van der Waals surface area contributed by atoms with Crippen LogP contribution in [0.1, 0.15) is 20.3 Å². The number of halogens is 1. The molecular weight excluding hydrogens is 229 g/mol. The summed E-state index contributed by atoms with van der Waals surface area (Å²) in [7, 11) is 0. The van der Waals surface area contributed by atoms with E-state index in [9.17, 15) is 19.3 Å². The molecule has 0 aliphatic heterocycles. The molecular formula is C11H12FNO4. The highest BCUT2D eigenvalue weighted by Crippen LogP contribution is 2.28. The number of rotatable bonds is 5. The van der Waals surface area contributed by atoms with Crippen LogP contribution in [0.2, 0.25) is 0 Å². The highest BCUT2D eigenvalue weighted by Gasteiger charge is 2.20. The van der Waals surface area contributed by atoms with E-state index in [1.54, 1.807) is 6.92 Å². The third-order valence-electron chi connectivity index (χ3n) is 2.22. The lowest BCUT2D eigenvalue weighted by atomic mass is 10.2. The van der Waals surface area contributed by atoms with Crippen molar-refractivity contribution in [3.8, 4) is 5.75 Å². The quantitative estimate of drug-likeness (QED) is 0.586. The number of hydrogen-bond donors (Lipinski definition) is 0. The molecule has 0 N–H and O–H groups in total. The van der Waals surface area contributed by atoms with Crippen LogP contribution < -0.4 is 4.74 Å². The monoisotopic (exact) mass is 241 g/mol. The van der Waals surface area contributed by atoms with Gasteiger partial charge in [0.25, 0.3) is 0 Å². The number of Topliss-reactive ketones (excluding diaryl/α,β-unsaturated/α-hetero) is 1. The first-order valence-electron chi connectivity index (χ1n) is 5.09. The summed E-state index contributed by atoms with van der Waals surface area (Å²) in [4.78, 5) is 21.2. The summed E-state index contributed by atoms with van der Waals surface area (Å²) in [6.45, 7) is 3.17. The van der Waals surface area contributed by atoms with Gasteiger partial charge in [0.15, 0.2) is 17.6 Å². The average molecular weight is 241 g/mol. The van der Waals surface area contributed by atoms with Crippen LogP contribution in [0.3, 0.4) is 0 Å². The predicted octanol–water partition coefficient (Wildman–Crippen LogP) is 2.48. The van der Waals surface area contributed by atoms with Crippen molar-refractivity contribution in [1.29, 1.82) is 0 Å². The smallest absolute Gasteiger partial charge is 0.313 e. The highest BCUT2D eigenvalue weighted by atomic mass is 19.1. The zero-order chi connectivity index (χ0) is 13.0. The van der Waals surface area contributed by atoms with Crippen molar-refractivity contribution in [2.45, 2.75) is 26.4 Å². The molecule has 0 heterocycles. The molecule has 0 amide bonds. The molecule has 0 aromatic heterocycles. The first kappa shape index (κ1) is 13.1. The van der Waals surface area contributed by atoms with E-state index in [0.29, 0.717) is 0 Å². The number of nitro benzene ring substituents is 1.